The van der Waals surface area contributed by atoms with Gasteiger partial charge in [-0.25, -0.2) is 9.89 Å². The van der Waals surface area contributed by atoms with Crippen molar-refractivity contribution >= 4 is 11.8 Å². The van der Waals surface area contributed by atoms with Crippen molar-refractivity contribution in [2.75, 3.05) is 0 Å². The van der Waals surface area contributed by atoms with Gasteiger partial charge in [0.25, 0.3) is 0 Å². The molecule has 0 fully saturated rings. The van der Waals surface area contributed by atoms with Gasteiger partial charge in [0.05, 0.1) is 5.69 Å². The Balaban J connectivity index is 2.36. The molecule has 110 valence electrons. The SMILES string of the molecule is CCC(N)Cc1c(C)nn(C)c1Sc1n[nH]c(=O)n1C. The number of aryl methyl sites for hydroxylation is 2. The summed E-state index contributed by atoms with van der Waals surface area (Å²) < 4.78 is 3.30. The minimum absolute atomic E-state index is 0.111. The van der Waals surface area contributed by atoms with Crippen LogP contribution in [-0.4, -0.2) is 30.6 Å². The normalized spacial score (nSPS) is 12.8. The van der Waals surface area contributed by atoms with Gasteiger partial charge in [0.15, 0.2) is 5.16 Å². The van der Waals surface area contributed by atoms with E-state index in [9.17, 15) is 4.79 Å². The van der Waals surface area contributed by atoms with Crippen molar-refractivity contribution in [3.63, 3.8) is 0 Å². The molecule has 0 aromatic carbocycles. The van der Waals surface area contributed by atoms with Gasteiger partial charge in [0.2, 0.25) is 0 Å². The second-order valence-corrected chi connectivity index (χ2v) is 5.79. The largest absolute Gasteiger partial charge is 0.343 e. The molecule has 0 spiro atoms. The average Bonchev–Trinajstić information content (AvgIpc) is 2.85. The molecular formula is C12H20N6OS. The molecule has 2 rings (SSSR count). The molecular weight excluding hydrogens is 276 g/mol. The number of H-pyrrole nitrogens is 1. The molecule has 20 heavy (non-hydrogen) atoms. The van der Waals surface area contributed by atoms with E-state index in [1.807, 2.05) is 18.7 Å². The molecule has 8 heteroatoms. The molecule has 0 aliphatic rings. The number of nitrogens with zero attached hydrogens (tertiary/aromatic N) is 4. The quantitative estimate of drug-likeness (QED) is 0.841. The number of hydrogen-bond acceptors (Lipinski definition) is 5. The van der Waals surface area contributed by atoms with Crippen LogP contribution in [0.3, 0.4) is 0 Å². The van der Waals surface area contributed by atoms with Gasteiger partial charge in [-0.2, -0.15) is 5.10 Å². The zero-order valence-electron chi connectivity index (χ0n) is 12.2. The molecule has 3 N–H and O–H groups in total. The zero-order chi connectivity index (χ0) is 14.9. The van der Waals surface area contributed by atoms with Crippen molar-refractivity contribution in [2.45, 2.75) is 42.9 Å². The molecule has 1 atom stereocenters. The van der Waals surface area contributed by atoms with E-state index in [-0.39, 0.29) is 11.7 Å². The third-order valence-corrected chi connectivity index (χ3v) is 4.56. The van der Waals surface area contributed by atoms with Crippen LogP contribution in [-0.2, 0) is 20.5 Å². The standard InChI is InChI=1S/C12H20N6OS/c1-5-8(13)6-9-7(2)16-18(4)10(9)20-12-15-14-11(19)17(12)3/h8H,5-6,13H2,1-4H3,(H,14,19). The Morgan fingerprint density at radius 2 is 2.15 bits per heavy atom. The number of aromatic nitrogens is 5. The fourth-order valence-corrected chi connectivity index (χ4v) is 2.97. The Bertz CT molecular complexity index is 655. The topological polar surface area (TPSA) is 94.5 Å². The van der Waals surface area contributed by atoms with Crippen molar-refractivity contribution in [1.29, 1.82) is 0 Å². The molecule has 1 unspecified atom stereocenters. The monoisotopic (exact) mass is 296 g/mol. The highest BCUT2D eigenvalue weighted by atomic mass is 32.2. The van der Waals surface area contributed by atoms with E-state index in [1.165, 1.54) is 16.3 Å². The maximum atomic E-state index is 11.4. The highest BCUT2D eigenvalue weighted by molar-refractivity contribution is 7.99. The van der Waals surface area contributed by atoms with Gasteiger partial charge in [-0.05, 0) is 31.5 Å². The van der Waals surface area contributed by atoms with Gasteiger partial charge in [0, 0.05) is 25.7 Å². The van der Waals surface area contributed by atoms with Crippen molar-refractivity contribution < 1.29 is 0 Å². The molecule has 0 amide bonds. The number of nitrogens with one attached hydrogen (secondary N) is 1. The van der Waals surface area contributed by atoms with Crippen LogP contribution in [0, 0.1) is 6.92 Å². The van der Waals surface area contributed by atoms with E-state index in [0.29, 0.717) is 5.16 Å². The van der Waals surface area contributed by atoms with Gasteiger partial charge in [-0.3, -0.25) is 9.25 Å². The third kappa shape index (κ3) is 2.80. The molecule has 2 aromatic rings. The van der Waals surface area contributed by atoms with Gasteiger partial charge < -0.3 is 5.73 Å². The molecule has 2 aromatic heterocycles. The number of rotatable bonds is 5. The summed E-state index contributed by atoms with van der Waals surface area (Å²) in [7, 11) is 3.58. The highest BCUT2D eigenvalue weighted by Crippen LogP contribution is 2.30. The number of aromatic amines is 1. The second-order valence-electron chi connectivity index (χ2n) is 4.84. The predicted molar refractivity (Wildman–Crippen MR) is 77.9 cm³/mol. The van der Waals surface area contributed by atoms with E-state index in [4.69, 9.17) is 5.73 Å². The molecule has 0 saturated carbocycles. The summed E-state index contributed by atoms with van der Waals surface area (Å²) in [5.41, 5.74) is 7.93. The first kappa shape index (κ1) is 14.9. The molecule has 0 aliphatic heterocycles. The lowest BCUT2D eigenvalue weighted by atomic mass is 10.1. The third-order valence-electron chi connectivity index (χ3n) is 3.31. The van der Waals surface area contributed by atoms with Gasteiger partial charge >= 0.3 is 5.69 Å². The summed E-state index contributed by atoms with van der Waals surface area (Å²) in [6, 6.07) is 0.111. The average molecular weight is 296 g/mol. The minimum Gasteiger partial charge on any atom is -0.327 e. The first-order valence-corrected chi connectivity index (χ1v) is 7.33. The van der Waals surface area contributed by atoms with Crippen LogP contribution in [0.15, 0.2) is 15.0 Å². The van der Waals surface area contributed by atoms with Crippen molar-refractivity contribution in [3.05, 3.63) is 21.7 Å². The maximum Gasteiger partial charge on any atom is 0.343 e. The van der Waals surface area contributed by atoms with Gasteiger partial charge in [-0.15, -0.1) is 5.10 Å². The molecule has 0 aliphatic carbocycles. The summed E-state index contributed by atoms with van der Waals surface area (Å²) in [4.78, 5) is 11.4. The van der Waals surface area contributed by atoms with E-state index in [2.05, 4.69) is 22.2 Å². The first-order chi connectivity index (χ1) is 9.43. The van der Waals surface area contributed by atoms with Gasteiger partial charge in [0.1, 0.15) is 5.03 Å². The summed E-state index contributed by atoms with van der Waals surface area (Å²) in [5, 5.41) is 12.5. The first-order valence-electron chi connectivity index (χ1n) is 6.51. The fourth-order valence-electron chi connectivity index (χ4n) is 1.96. The number of hydrogen-bond donors (Lipinski definition) is 2. The number of nitrogens with two attached hydrogens (primary N) is 1. The summed E-state index contributed by atoms with van der Waals surface area (Å²) >= 11 is 1.43. The Kier molecular flexibility index (Phi) is 4.34. The summed E-state index contributed by atoms with van der Waals surface area (Å²) in [6.45, 7) is 4.05. The van der Waals surface area contributed by atoms with E-state index >= 15 is 0 Å². The predicted octanol–water partition coefficient (Wildman–Crippen LogP) is 0.581. The minimum atomic E-state index is -0.224. The highest BCUT2D eigenvalue weighted by Gasteiger charge is 2.18. The van der Waals surface area contributed by atoms with Gasteiger partial charge in [-0.1, -0.05) is 6.92 Å². The van der Waals surface area contributed by atoms with Crippen LogP contribution in [0.4, 0.5) is 0 Å². The molecule has 7 nitrogen and oxygen atoms in total. The van der Waals surface area contributed by atoms with Crippen LogP contribution >= 0.6 is 11.8 Å². The fraction of sp³-hybridized carbons (Fsp3) is 0.583. The lowest BCUT2D eigenvalue weighted by Crippen LogP contribution is -2.22. The molecule has 2 heterocycles. The molecule has 0 radical (unpaired) electrons. The van der Waals surface area contributed by atoms with E-state index in [0.717, 1.165) is 29.1 Å². The zero-order valence-corrected chi connectivity index (χ0v) is 13.0. The van der Waals surface area contributed by atoms with E-state index in [1.54, 1.807) is 7.05 Å². The van der Waals surface area contributed by atoms with Crippen molar-refractivity contribution in [3.8, 4) is 0 Å². The maximum absolute atomic E-state index is 11.4. The molecule has 0 saturated heterocycles. The Hall–Kier alpha value is -1.54. The Morgan fingerprint density at radius 1 is 1.45 bits per heavy atom. The lowest BCUT2D eigenvalue weighted by molar-refractivity contribution is 0.630. The summed E-state index contributed by atoms with van der Waals surface area (Å²) in [5.74, 6) is 0. The second kappa shape index (κ2) is 5.84. The Labute approximate surface area is 121 Å². The van der Waals surface area contributed by atoms with Crippen LogP contribution in [0.25, 0.3) is 0 Å². The Morgan fingerprint density at radius 3 is 2.70 bits per heavy atom. The van der Waals surface area contributed by atoms with Crippen molar-refractivity contribution in [2.24, 2.45) is 19.8 Å². The smallest absolute Gasteiger partial charge is 0.327 e. The van der Waals surface area contributed by atoms with Crippen LogP contribution in [0.2, 0.25) is 0 Å². The molecule has 0 bridgehead atoms. The van der Waals surface area contributed by atoms with Crippen LogP contribution in [0.1, 0.15) is 24.6 Å². The van der Waals surface area contributed by atoms with Crippen LogP contribution < -0.4 is 11.4 Å². The van der Waals surface area contributed by atoms with E-state index < -0.39 is 0 Å². The summed E-state index contributed by atoms with van der Waals surface area (Å²) in [6.07, 6.45) is 1.69. The van der Waals surface area contributed by atoms with Crippen molar-refractivity contribution in [1.82, 2.24) is 24.5 Å². The van der Waals surface area contributed by atoms with Crippen LogP contribution in [0.5, 0.6) is 0 Å². The lowest BCUT2D eigenvalue weighted by Gasteiger charge is -2.10.